The van der Waals surface area contributed by atoms with Gasteiger partial charge in [-0.2, -0.15) is 4.98 Å². The Morgan fingerprint density at radius 1 is 1.12 bits per heavy atom. The summed E-state index contributed by atoms with van der Waals surface area (Å²) in [7, 11) is 0. The summed E-state index contributed by atoms with van der Waals surface area (Å²) in [4.78, 5) is 31.5. The molecule has 2 aliphatic heterocycles. The lowest BCUT2D eigenvalue weighted by Crippen LogP contribution is -2.42. The van der Waals surface area contributed by atoms with E-state index < -0.39 is 5.76 Å². The van der Waals surface area contributed by atoms with E-state index in [4.69, 9.17) is 30.8 Å². The van der Waals surface area contributed by atoms with E-state index in [0.29, 0.717) is 42.4 Å². The molecular weight excluding hydrogens is 556 g/mol. The normalized spacial score (nSPS) is 24.1. The van der Waals surface area contributed by atoms with Crippen LogP contribution in [-0.2, 0) is 11.3 Å². The van der Waals surface area contributed by atoms with Gasteiger partial charge in [0, 0.05) is 24.3 Å². The Morgan fingerprint density at radius 2 is 2.00 bits per heavy atom. The minimum atomic E-state index is -0.649. The molecule has 42 heavy (non-hydrogen) atoms. The third-order valence-electron chi connectivity index (χ3n) is 8.58. The average molecular weight is 589 g/mol. The fraction of sp³-hybridized carbons (Fsp3) is 0.433. The molecular formula is C30H33ClN8O3. The van der Waals surface area contributed by atoms with Crippen LogP contribution in [0.1, 0.15) is 67.5 Å². The Morgan fingerprint density at radius 3 is 2.76 bits per heavy atom. The van der Waals surface area contributed by atoms with Crippen LogP contribution in [-0.4, -0.2) is 50.3 Å². The summed E-state index contributed by atoms with van der Waals surface area (Å²) < 4.78 is 13.1. The first-order valence-electron chi connectivity index (χ1n) is 14.6. The van der Waals surface area contributed by atoms with Crippen molar-refractivity contribution in [3.05, 3.63) is 87.0 Å². The molecule has 7 rings (SSSR count). The highest BCUT2D eigenvalue weighted by molar-refractivity contribution is 6.30. The number of fused-ring (bicyclic) bond motifs is 1. The molecule has 1 aliphatic carbocycles. The van der Waals surface area contributed by atoms with E-state index in [2.05, 4.69) is 36.8 Å². The number of imidazole rings is 1. The number of rotatable bonds is 6. The fourth-order valence-electron chi connectivity index (χ4n) is 6.36. The standard InChI is InChI=1S/C30H33ClN8O3/c1-18-8-10-19(11-9-18)16-39-25-24(20-5-4-6-21(31)15-20)33-27(28-36-30(40)42-37-28)34-26(25)35-29(39)38-13-14-41-17-23(38)22-7-2-3-12-32-22/h2-7,12,15,18-19,23-24H,8-11,13-14,16-17H2,1H3,(H,33,34)(H,36,37,40)/t18-,19-,23-,24+/m0/s1. The van der Waals surface area contributed by atoms with Crippen LogP contribution < -0.4 is 16.0 Å². The van der Waals surface area contributed by atoms with Crippen LogP contribution in [0.5, 0.6) is 0 Å². The molecule has 0 bridgehead atoms. The van der Waals surface area contributed by atoms with Crippen molar-refractivity contribution >= 4 is 29.2 Å². The zero-order valence-electron chi connectivity index (χ0n) is 23.4. The number of nitrogens with one attached hydrogen (secondary N) is 2. The number of aromatic amines is 1. The van der Waals surface area contributed by atoms with Crippen LogP contribution in [0.3, 0.4) is 0 Å². The summed E-state index contributed by atoms with van der Waals surface area (Å²) >= 11 is 6.49. The van der Waals surface area contributed by atoms with E-state index >= 15 is 0 Å². The van der Waals surface area contributed by atoms with E-state index in [1.165, 1.54) is 25.7 Å². The van der Waals surface area contributed by atoms with E-state index in [1.54, 1.807) is 0 Å². The van der Waals surface area contributed by atoms with Gasteiger partial charge in [0.05, 0.1) is 36.7 Å². The molecule has 11 nitrogen and oxygen atoms in total. The van der Waals surface area contributed by atoms with Gasteiger partial charge in [-0.25, -0.2) is 9.79 Å². The Balaban J connectivity index is 1.40. The van der Waals surface area contributed by atoms with Gasteiger partial charge in [-0.15, -0.1) is 0 Å². The van der Waals surface area contributed by atoms with Gasteiger partial charge in [-0.1, -0.05) is 54.7 Å². The minimum absolute atomic E-state index is 0.0955. The van der Waals surface area contributed by atoms with Gasteiger partial charge in [-0.3, -0.25) is 14.5 Å². The largest absolute Gasteiger partial charge is 0.439 e. The molecule has 218 valence electrons. The Kier molecular flexibility index (Phi) is 7.29. The molecule has 3 aliphatic rings. The van der Waals surface area contributed by atoms with Crippen LogP contribution in [0.25, 0.3) is 0 Å². The smallest absolute Gasteiger partial charge is 0.377 e. The first-order chi connectivity index (χ1) is 20.5. The number of pyridine rings is 1. The molecule has 1 aromatic carbocycles. The lowest BCUT2D eigenvalue weighted by Gasteiger charge is -2.37. The van der Waals surface area contributed by atoms with Crippen molar-refractivity contribution in [2.45, 2.75) is 51.2 Å². The number of ether oxygens (including phenoxy) is 1. The average Bonchev–Trinajstić information content (AvgIpc) is 3.62. The van der Waals surface area contributed by atoms with Crippen molar-refractivity contribution in [1.29, 1.82) is 0 Å². The summed E-state index contributed by atoms with van der Waals surface area (Å²) in [5, 5.41) is 8.04. The van der Waals surface area contributed by atoms with Crippen molar-refractivity contribution < 1.29 is 9.26 Å². The van der Waals surface area contributed by atoms with Gasteiger partial charge in [0.1, 0.15) is 0 Å². The zero-order valence-corrected chi connectivity index (χ0v) is 24.1. The van der Waals surface area contributed by atoms with E-state index in [-0.39, 0.29) is 17.9 Å². The molecule has 1 saturated heterocycles. The van der Waals surface area contributed by atoms with Crippen molar-refractivity contribution in [3.8, 4) is 0 Å². The molecule has 3 aromatic heterocycles. The van der Waals surface area contributed by atoms with E-state index in [0.717, 1.165) is 35.4 Å². The fourth-order valence-corrected chi connectivity index (χ4v) is 6.56. The van der Waals surface area contributed by atoms with Crippen molar-refractivity contribution in [2.24, 2.45) is 16.8 Å². The molecule has 12 heteroatoms. The Labute approximate surface area is 248 Å². The lowest BCUT2D eigenvalue weighted by molar-refractivity contribution is 0.0915. The van der Waals surface area contributed by atoms with Crippen LogP contribution in [0.15, 0.2) is 63.0 Å². The predicted octanol–water partition coefficient (Wildman–Crippen LogP) is 4.78. The second-order valence-electron chi connectivity index (χ2n) is 11.4. The Bertz CT molecular complexity index is 1640. The molecule has 2 fully saturated rings. The number of amidine groups is 1. The Hall–Kier alpha value is -3.96. The second-order valence-corrected chi connectivity index (χ2v) is 11.9. The summed E-state index contributed by atoms with van der Waals surface area (Å²) in [6.45, 7) is 4.93. The third-order valence-corrected chi connectivity index (χ3v) is 8.81. The van der Waals surface area contributed by atoms with E-state index in [9.17, 15) is 4.79 Å². The maximum Gasteiger partial charge on any atom is 0.439 e. The van der Waals surface area contributed by atoms with E-state index in [1.807, 2.05) is 48.7 Å². The maximum absolute atomic E-state index is 11.8. The maximum atomic E-state index is 11.8. The molecule has 5 heterocycles. The molecule has 0 unspecified atom stereocenters. The molecule has 2 N–H and O–H groups in total. The molecule has 1 saturated carbocycles. The quantitative estimate of drug-likeness (QED) is 0.329. The number of H-pyrrole nitrogens is 1. The van der Waals surface area contributed by atoms with Gasteiger partial charge in [-0.05, 0) is 54.5 Å². The van der Waals surface area contributed by atoms with Crippen LogP contribution in [0.2, 0.25) is 5.02 Å². The summed E-state index contributed by atoms with van der Waals surface area (Å²) in [6, 6.07) is 13.3. The number of hydrogen-bond donors (Lipinski definition) is 2. The zero-order chi connectivity index (χ0) is 28.6. The topological polar surface area (TPSA) is 126 Å². The number of hydrogen-bond acceptors (Lipinski definition) is 9. The monoisotopic (exact) mass is 588 g/mol. The van der Waals surface area contributed by atoms with Crippen molar-refractivity contribution in [3.63, 3.8) is 0 Å². The van der Waals surface area contributed by atoms with Crippen LogP contribution in [0.4, 0.5) is 11.8 Å². The van der Waals surface area contributed by atoms with Crippen molar-refractivity contribution in [2.75, 3.05) is 24.7 Å². The minimum Gasteiger partial charge on any atom is -0.377 e. The van der Waals surface area contributed by atoms with Gasteiger partial charge >= 0.3 is 5.76 Å². The summed E-state index contributed by atoms with van der Waals surface area (Å²) in [5.41, 5.74) is 2.84. The van der Waals surface area contributed by atoms with Gasteiger partial charge in [0.15, 0.2) is 11.7 Å². The van der Waals surface area contributed by atoms with Crippen molar-refractivity contribution in [1.82, 2.24) is 30.0 Å². The summed E-state index contributed by atoms with van der Waals surface area (Å²) in [5.74, 6) is 2.63. The third kappa shape index (κ3) is 5.22. The molecule has 0 radical (unpaired) electrons. The molecule has 2 atom stereocenters. The number of morpholine rings is 1. The SMILES string of the molecule is C[C@H]1CC[C@H](Cn2c(N3CCOC[C@H]3c3ccccn3)nc3c2[C@@H](c2cccc(Cl)c2)NC(c2noc(=O)[nH]2)=N3)CC1. The highest BCUT2D eigenvalue weighted by atomic mass is 35.5. The first-order valence-corrected chi connectivity index (χ1v) is 14.9. The highest BCUT2D eigenvalue weighted by Crippen LogP contribution is 2.42. The van der Waals surface area contributed by atoms with Gasteiger partial charge in [0.25, 0.3) is 0 Å². The number of aromatic nitrogens is 5. The highest BCUT2D eigenvalue weighted by Gasteiger charge is 2.37. The summed E-state index contributed by atoms with van der Waals surface area (Å²) in [6.07, 6.45) is 6.61. The number of aliphatic imine (C=N–C) groups is 1. The number of halogens is 1. The van der Waals surface area contributed by atoms with Gasteiger partial charge < -0.3 is 19.5 Å². The van der Waals surface area contributed by atoms with Crippen LogP contribution in [0, 0.1) is 11.8 Å². The lowest BCUT2D eigenvalue weighted by atomic mass is 9.83. The predicted molar refractivity (Wildman–Crippen MR) is 158 cm³/mol. The molecule has 0 spiro atoms. The molecule has 4 aromatic rings. The molecule has 0 amide bonds. The second kappa shape index (κ2) is 11.4. The first kappa shape index (κ1) is 26.9. The number of anilines is 1. The number of nitrogens with zero attached hydrogens (tertiary/aromatic N) is 6. The van der Waals surface area contributed by atoms with Gasteiger partial charge in [0.2, 0.25) is 11.8 Å². The number of benzene rings is 1. The van der Waals surface area contributed by atoms with Crippen LogP contribution >= 0.6 is 11.6 Å².